The Hall–Kier alpha value is -1.59. The van der Waals surface area contributed by atoms with Gasteiger partial charge in [0.15, 0.2) is 6.10 Å². The van der Waals surface area contributed by atoms with E-state index in [4.69, 9.17) is 9.84 Å². The number of aliphatic hydroxyl groups excluding tert-OH is 1. The number of β-amino-alcohol motifs (C(OH)–C–C–N with tert-alkyl or cyclic N) is 1. The second-order valence-electron chi connectivity index (χ2n) is 5.32. The van der Waals surface area contributed by atoms with Crippen molar-refractivity contribution in [2.75, 3.05) is 39.3 Å². The van der Waals surface area contributed by atoms with E-state index in [9.17, 15) is 4.79 Å². The molecule has 5 heteroatoms. The second-order valence-corrected chi connectivity index (χ2v) is 5.32. The summed E-state index contributed by atoms with van der Waals surface area (Å²) >= 11 is 0. The summed E-state index contributed by atoms with van der Waals surface area (Å²) in [4.78, 5) is 16.5. The Morgan fingerprint density at radius 1 is 1.24 bits per heavy atom. The van der Waals surface area contributed by atoms with Gasteiger partial charge in [-0.05, 0) is 32.0 Å². The number of para-hydroxylation sites is 1. The predicted octanol–water partition coefficient (Wildman–Crippen LogP) is 0.980. The molecule has 1 atom stereocenters. The monoisotopic (exact) mass is 292 g/mol. The van der Waals surface area contributed by atoms with E-state index in [0.29, 0.717) is 13.1 Å². The zero-order chi connectivity index (χ0) is 15.1. The molecular formula is C16H24N2O3. The van der Waals surface area contributed by atoms with Gasteiger partial charge in [-0.15, -0.1) is 0 Å². The summed E-state index contributed by atoms with van der Waals surface area (Å²) in [6.45, 7) is 5.83. The van der Waals surface area contributed by atoms with Crippen molar-refractivity contribution in [1.29, 1.82) is 0 Å². The van der Waals surface area contributed by atoms with E-state index in [1.54, 1.807) is 6.92 Å². The van der Waals surface area contributed by atoms with Crippen molar-refractivity contribution >= 4 is 5.91 Å². The van der Waals surface area contributed by atoms with Gasteiger partial charge in [-0.2, -0.15) is 0 Å². The van der Waals surface area contributed by atoms with Crippen molar-refractivity contribution in [3.63, 3.8) is 0 Å². The van der Waals surface area contributed by atoms with E-state index >= 15 is 0 Å². The number of ether oxygens (including phenoxy) is 1. The van der Waals surface area contributed by atoms with Gasteiger partial charge in [-0.3, -0.25) is 9.69 Å². The van der Waals surface area contributed by atoms with Crippen LogP contribution in [0, 0.1) is 0 Å². The largest absolute Gasteiger partial charge is 0.481 e. The topological polar surface area (TPSA) is 53.0 Å². The average molecular weight is 292 g/mol. The molecule has 116 valence electrons. The number of carbonyl (C=O) groups excluding carboxylic acids is 1. The fourth-order valence-electron chi connectivity index (χ4n) is 2.57. The van der Waals surface area contributed by atoms with Crippen LogP contribution in [0.4, 0.5) is 0 Å². The quantitative estimate of drug-likeness (QED) is 0.879. The lowest BCUT2D eigenvalue weighted by Crippen LogP contribution is -2.42. The Balaban J connectivity index is 1.87. The van der Waals surface area contributed by atoms with Crippen LogP contribution in [0.2, 0.25) is 0 Å². The van der Waals surface area contributed by atoms with E-state index in [1.807, 2.05) is 35.2 Å². The smallest absolute Gasteiger partial charge is 0.263 e. The molecule has 2 rings (SSSR count). The molecular weight excluding hydrogens is 268 g/mol. The van der Waals surface area contributed by atoms with Gasteiger partial charge < -0.3 is 14.7 Å². The maximum Gasteiger partial charge on any atom is 0.263 e. The summed E-state index contributed by atoms with van der Waals surface area (Å²) in [5.41, 5.74) is 0. The van der Waals surface area contributed by atoms with Gasteiger partial charge >= 0.3 is 0 Å². The van der Waals surface area contributed by atoms with Crippen molar-refractivity contribution in [3.05, 3.63) is 30.3 Å². The normalized spacial score (nSPS) is 18.1. The third-order valence-electron chi connectivity index (χ3n) is 3.72. The Morgan fingerprint density at radius 2 is 2.00 bits per heavy atom. The van der Waals surface area contributed by atoms with Crippen LogP contribution >= 0.6 is 0 Å². The highest BCUT2D eigenvalue weighted by molar-refractivity contribution is 5.80. The third-order valence-corrected chi connectivity index (χ3v) is 3.72. The van der Waals surface area contributed by atoms with Crippen molar-refractivity contribution in [2.45, 2.75) is 19.4 Å². The van der Waals surface area contributed by atoms with Gasteiger partial charge in [-0.1, -0.05) is 18.2 Å². The molecule has 0 bridgehead atoms. The first-order valence-corrected chi connectivity index (χ1v) is 7.54. The summed E-state index contributed by atoms with van der Waals surface area (Å²) in [6, 6.07) is 9.42. The van der Waals surface area contributed by atoms with Crippen molar-refractivity contribution in [3.8, 4) is 5.75 Å². The molecule has 0 radical (unpaired) electrons. The number of nitrogens with zero attached hydrogens (tertiary/aromatic N) is 2. The van der Waals surface area contributed by atoms with E-state index in [2.05, 4.69) is 4.90 Å². The van der Waals surface area contributed by atoms with Gasteiger partial charge in [0.1, 0.15) is 5.75 Å². The van der Waals surface area contributed by atoms with Crippen molar-refractivity contribution in [1.82, 2.24) is 9.80 Å². The molecule has 1 aliphatic heterocycles. The van der Waals surface area contributed by atoms with Gasteiger partial charge in [-0.25, -0.2) is 0 Å². The van der Waals surface area contributed by atoms with Crippen LogP contribution in [0.1, 0.15) is 13.3 Å². The summed E-state index contributed by atoms with van der Waals surface area (Å²) in [5, 5.41) is 9.00. The first-order valence-electron chi connectivity index (χ1n) is 7.54. The number of amides is 1. The molecule has 1 unspecified atom stereocenters. The molecule has 0 aromatic heterocycles. The molecule has 1 heterocycles. The van der Waals surface area contributed by atoms with Gasteiger partial charge in [0.25, 0.3) is 5.91 Å². The minimum atomic E-state index is -0.475. The summed E-state index contributed by atoms with van der Waals surface area (Å²) in [7, 11) is 0. The lowest BCUT2D eigenvalue weighted by Gasteiger charge is -2.25. The zero-order valence-electron chi connectivity index (χ0n) is 12.6. The van der Waals surface area contributed by atoms with Crippen LogP contribution in [-0.2, 0) is 4.79 Å². The minimum absolute atomic E-state index is 0.0321. The number of benzene rings is 1. The number of aliphatic hydroxyl groups is 1. The minimum Gasteiger partial charge on any atom is -0.481 e. The van der Waals surface area contributed by atoms with E-state index in [1.165, 1.54) is 0 Å². The van der Waals surface area contributed by atoms with Gasteiger partial charge in [0.2, 0.25) is 0 Å². The highest BCUT2D eigenvalue weighted by Gasteiger charge is 2.24. The molecule has 0 saturated carbocycles. The molecule has 1 saturated heterocycles. The molecule has 21 heavy (non-hydrogen) atoms. The highest BCUT2D eigenvalue weighted by Crippen LogP contribution is 2.13. The number of carbonyl (C=O) groups is 1. The first kappa shape index (κ1) is 15.8. The lowest BCUT2D eigenvalue weighted by molar-refractivity contribution is -0.137. The van der Waals surface area contributed by atoms with Crippen LogP contribution in [0.25, 0.3) is 0 Å². The van der Waals surface area contributed by atoms with Crippen LogP contribution in [-0.4, -0.2) is 66.2 Å². The van der Waals surface area contributed by atoms with Gasteiger partial charge in [0, 0.05) is 26.2 Å². The van der Waals surface area contributed by atoms with Crippen LogP contribution in [0.15, 0.2) is 30.3 Å². The molecule has 1 aromatic carbocycles. The molecule has 1 fully saturated rings. The SMILES string of the molecule is CC(Oc1ccccc1)C(=O)N1CCCN(CCO)CC1. The number of rotatable bonds is 5. The van der Waals surface area contributed by atoms with Crippen molar-refractivity contribution < 1.29 is 14.6 Å². The van der Waals surface area contributed by atoms with Crippen molar-refractivity contribution in [2.24, 2.45) is 0 Å². The first-order chi connectivity index (χ1) is 10.2. The fourth-order valence-corrected chi connectivity index (χ4v) is 2.57. The van der Waals surface area contributed by atoms with E-state index in [-0.39, 0.29) is 12.5 Å². The summed E-state index contributed by atoms with van der Waals surface area (Å²) in [6.07, 6.45) is 0.459. The van der Waals surface area contributed by atoms with Gasteiger partial charge in [0.05, 0.1) is 6.61 Å². The lowest BCUT2D eigenvalue weighted by atomic mass is 10.3. The highest BCUT2D eigenvalue weighted by atomic mass is 16.5. The van der Waals surface area contributed by atoms with E-state index < -0.39 is 6.10 Å². The van der Waals surface area contributed by atoms with Crippen LogP contribution < -0.4 is 4.74 Å². The predicted molar refractivity (Wildman–Crippen MR) is 81.3 cm³/mol. The van der Waals surface area contributed by atoms with Crippen LogP contribution in [0.3, 0.4) is 0 Å². The molecule has 0 spiro atoms. The molecule has 0 aliphatic carbocycles. The Kier molecular flexibility index (Phi) is 6.02. The number of hydrogen-bond donors (Lipinski definition) is 1. The molecule has 1 aromatic rings. The number of hydrogen-bond acceptors (Lipinski definition) is 4. The molecule has 5 nitrogen and oxygen atoms in total. The Bertz CT molecular complexity index is 438. The van der Waals surface area contributed by atoms with E-state index in [0.717, 1.165) is 31.8 Å². The maximum atomic E-state index is 12.5. The third kappa shape index (κ3) is 4.72. The fraction of sp³-hybridized carbons (Fsp3) is 0.562. The standard InChI is InChI=1S/C16H24N2O3/c1-14(21-15-6-3-2-4-7-15)16(20)18-9-5-8-17(10-11-18)12-13-19/h2-4,6-7,14,19H,5,8-13H2,1H3. The molecule has 1 amide bonds. The molecule has 1 aliphatic rings. The zero-order valence-corrected chi connectivity index (χ0v) is 12.6. The Morgan fingerprint density at radius 3 is 2.71 bits per heavy atom. The summed E-state index contributed by atoms with van der Waals surface area (Å²) < 4.78 is 5.70. The molecule has 1 N–H and O–H groups in total. The summed E-state index contributed by atoms with van der Waals surface area (Å²) in [5.74, 6) is 0.750. The van der Waals surface area contributed by atoms with Crippen LogP contribution in [0.5, 0.6) is 5.75 Å². The second kappa shape index (κ2) is 8.00. The Labute approximate surface area is 126 Å². The maximum absolute atomic E-state index is 12.5. The average Bonchev–Trinajstić information content (AvgIpc) is 2.73.